The Balaban J connectivity index is 1.05. The van der Waals surface area contributed by atoms with Crippen molar-refractivity contribution in [2.24, 2.45) is 11.8 Å². The number of rotatable bonds is 6. The second kappa shape index (κ2) is 9.89. The molecule has 4 aliphatic heterocycles. The molecular weight excluding hydrogens is 454 g/mol. The van der Waals surface area contributed by atoms with Gasteiger partial charge in [0, 0.05) is 45.2 Å². The third-order valence-corrected chi connectivity index (χ3v) is 8.26. The van der Waals surface area contributed by atoms with Crippen LogP contribution in [-0.2, 0) is 11.3 Å². The Kier molecular flexibility index (Phi) is 6.31. The van der Waals surface area contributed by atoms with Crippen molar-refractivity contribution < 1.29 is 14.4 Å². The summed E-state index contributed by atoms with van der Waals surface area (Å²) in [6.45, 7) is 6.14. The maximum Gasteiger partial charge on any atom is 0.231 e. The predicted octanol–water partition coefficient (Wildman–Crippen LogP) is 0.991. The van der Waals surface area contributed by atoms with Crippen molar-refractivity contribution in [3.8, 4) is 17.1 Å². The number of piperidine rings is 3. The highest BCUT2D eigenvalue weighted by molar-refractivity contribution is 5.80. The Labute approximate surface area is 211 Å². The average Bonchev–Trinajstić information content (AvgIpc) is 3.42. The van der Waals surface area contributed by atoms with Gasteiger partial charge in [-0.05, 0) is 30.2 Å². The summed E-state index contributed by atoms with van der Waals surface area (Å²) in [6.07, 6.45) is 5.99. The van der Waals surface area contributed by atoms with Crippen molar-refractivity contribution in [1.29, 1.82) is 0 Å². The van der Waals surface area contributed by atoms with Gasteiger partial charge in [0.15, 0.2) is 0 Å². The molecule has 4 aliphatic rings. The Bertz CT molecular complexity index is 1190. The molecule has 9 nitrogen and oxygen atoms in total. The summed E-state index contributed by atoms with van der Waals surface area (Å²) in [7, 11) is 1.71. The van der Waals surface area contributed by atoms with Crippen LogP contribution in [0.5, 0.6) is 5.75 Å². The fourth-order valence-electron chi connectivity index (χ4n) is 6.34. The SMILES string of the molecule is COc1ccccc1N1CCN(C(=O)[C@H]2C[NH+]3CC[C@H]2C[C@@H]3Cn2cc(-c3ccccn3)nn2)CC1. The quantitative estimate of drug-likeness (QED) is 0.558. The van der Waals surface area contributed by atoms with E-state index in [1.165, 1.54) is 0 Å². The van der Waals surface area contributed by atoms with Crippen LogP contribution in [0.4, 0.5) is 5.69 Å². The number of pyridine rings is 1. The van der Waals surface area contributed by atoms with Gasteiger partial charge in [0.2, 0.25) is 5.91 Å². The van der Waals surface area contributed by atoms with E-state index in [0.29, 0.717) is 17.9 Å². The smallest absolute Gasteiger partial charge is 0.231 e. The highest BCUT2D eigenvalue weighted by atomic mass is 16.5. The predicted molar refractivity (Wildman–Crippen MR) is 136 cm³/mol. The molecule has 0 spiro atoms. The van der Waals surface area contributed by atoms with Crippen molar-refractivity contribution in [1.82, 2.24) is 24.9 Å². The summed E-state index contributed by atoms with van der Waals surface area (Å²) in [5.74, 6) is 1.85. The molecule has 4 fully saturated rings. The maximum absolute atomic E-state index is 13.6. The first-order chi connectivity index (χ1) is 17.7. The number of carbonyl (C=O) groups is 1. The zero-order chi connectivity index (χ0) is 24.5. The number of amides is 1. The Morgan fingerprint density at radius 3 is 2.67 bits per heavy atom. The molecule has 2 bridgehead atoms. The number of aromatic nitrogens is 4. The summed E-state index contributed by atoms with van der Waals surface area (Å²) in [6, 6.07) is 14.4. The molecule has 36 heavy (non-hydrogen) atoms. The largest absolute Gasteiger partial charge is 0.495 e. The van der Waals surface area contributed by atoms with Gasteiger partial charge >= 0.3 is 0 Å². The van der Waals surface area contributed by atoms with E-state index in [0.717, 1.165) is 81.5 Å². The van der Waals surface area contributed by atoms with E-state index in [-0.39, 0.29) is 5.92 Å². The highest BCUT2D eigenvalue weighted by Crippen LogP contribution is 2.31. The lowest BCUT2D eigenvalue weighted by Gasteiger charge is -2.47. The Morgan fingerprint density at radius 2 is 1.92 bits per heavy atom. The van der Waals surface area contributed by atoms with Gasteiger partial charge in [-0.1, -0.05) is 23.4 Å². The average molecular weight is 489 g/mol. The number of quaternary nitrogens is 1. The molecule has 4 atom stereocenters. The van der Waals surface area contributed by atoms with Crippen LogP contribution in [0.15, 0.2) is 54.9 Å². The van der Waals surface area contributed by atoms with Crippen molar-refractivity contribution in [2.75, 3.05) is 51.3 Å². The lowest BCUT2D eigenvalue weighted by molar-refractivity contribution is -0.945. The van der Waals surface area contributed by atoms with E-state index in [1.807, 2.05) is 47.3 Å². The Hall–Kier alpha value is -3.46. The van der Waals surface area contributed by atoms with Gasteiger partial charge in [-0.3, -0.25) is 9.78 Å². The van der Waals surface area contributed by atoms with Crippen LogP contribution in [0, 0.1) is 11.8 Å². The third kappa shape index (κ3) is 4.43. The van der Waals surface area contributed by atoms with Gasteiger partial charge in [-0.25, -0.2) is 4.68 Å². The van der Waals surface area contributed by atoms with Gasteiger partial charge in [0.25, 0.3) is 0 Å². The number of benzene rings is 1. The first-order valence-electron chi connectivity index (χ1n) is 13.0. The number of ether oxygens (including phenoxy) is 1. The molecular formula is C27H34N7O2+. The van der Waals surface area contributed by atoms with Gasteiger partial charge in [-0.15, -0.1) is 5.10 Å². The topological polar surface area (TPSA) is 80.8 Å². The molecule has 1 aromatic carbocycles. The number of fused-ring (bicyclic) bond motifs is 3. The van der Waals surface area contributed by atoms with Gasteiger partial charge in [-0.2, -0.15) is 0 Å². The molecule has 0 saturated carbocycles. The number of hydrogen-bond donors (Lipinski definition) is 1. The number of methoxy groups -OCH3 is 1. The number of hydrogen-bond acceptors (Lipinski definition) is 6. The second-order valence-electron chi connectivity index (χ2n) is 10.2. The number of carbonyl (C=O) groups excluding carboxylic acids is 1. The second-order valence-corrected chi connectivity index (χ2v) is 10.2. The summed E-state index contributed by atoms with van der Waals surface area (Å²) in [5, 5.41) is 8.69. The molecule has 2 aromatic heterocycles. The van der Waals surface area contributed by atoms with Gasteiger partial charge < -0.3 is 19.4 Å². The van der Waals surface area contributed by atoms with Crippen LogP contribution in [0.3, 0.4) is 0 Å². The summed E-state index contributed by atoms with van der Waals surface area (Å²) in [5.41, 5.74) is 2.77. The van der Waals surface area contributed by atoms with Gasteiger partial charge in [0.1, 0.15) is 17.5 Å². The molecule has 7 rings (SSSR count). The summed E-state index contributed by atoms with van der Waals surface area (Å²) < 4.78 is 7.49. The van der Waals surface area contributed by atoms with E-state index < -0.39 is 0 Å². The number of piperazine rings is 1. The van der Waals surface area contributed by atoms with Crippen LogP contribution in [0.1, 0.15) is 12.8 Å². The third-order valence-electron chi connectivity index (χ3n) is 8.26. The van der Waals surface area contributed by atoms with E-state index >= 15 is 0 Å². The molecule has 1 unspecified atom stereocenters. The number of nitrogens with zero attached hydrogens (tertiary/aromatic N) is 6. The highest BCUT2D eigenvalue weighted by Gasteiger charge is 2.48. The number of nitrogens with one attached hydrogen (secondary N) is 1. The monoisotopic (exact) mass is 488 g/mol. The molecule has 3 aromatic rings. The molecule has 6 heterocycles. The fraction of sp³-hybridized carbons (Fsp3) is 0.481. The van der Waals surface area contributed by atoms with E-state index in [4.69, 9.17) is 4.74 Å². The minimum absolute atomic E-state index is 0.141. The standard InChI is InChI=1S/C27H33N7O2/c1-36-26-8-3-2-7-25(26)31-12-14-32(15-13-31)27(35)22-18-33-11-9-20(22)16-21(33)17-34-19-24(29-30-34)23-6-4-5-10-28-23/h2-8,10,19-22H,9,11-18H2,1H3/p+1/t20-,21+,22-/m0/s1. The minimum atomic E-state index is 0.141. The first kappa shape index (κ1) is 23.0. The normalized spacial score (nSPS) is 25.7. The van der Waals surface area contributed by atoms with Crippen molar-refractivity contribution in [3.05, 3.63) is 54.9 Å². The van der Waals surface area contributed by atoms with E-state index in [1.54, 1.807) is 18.2 Å². The van der Waals surface area contributed by atoms with E-state index in [9.17, 15) is 4.79 Å². The zero-order valence-electron chi connectivity index (χ0n) is 20.8. The lowest BCUT2D eigenvalue weighted by atomic mass is 9.75. The zero-order valence-corrected chi connectivity index (χ0v) is 20.8. The molecule has 0 aliphatic carbocycles. The fourth-order valence-corrected chi connectivity index (χ4v) is 6.34. The molecule has 188 valence electrons. The first-order valence-corrected chi connectivity index (χ1v) is 13.0. The minimum Gasteiger partial charge on any atom is -0.495 e. The number of para-hydroxylation sites is 2. The van der Waals surface area contributed by atoms with Crippen LogP contribution in [0.25, 0.3) is 11.4 Å². The van der Waals surface area contributed by atoms with Crippen molar-refractivity contribution >= 4 is 11.6 Å². The molecule has 0 radical (unpaired) electrons. The molecule has 9 heteroatoms. The van der Waals surface area contributed by atoms with Gasteiger partial charge in [0.05, 0.1) is 50.2 Å². The lowest BCUT2D eigenvalue weighted by Crippen LogP contribution is -3.20. The summed E-state index contributed by atoms with van der Waals surface area (Å²) >= 11 is 0. The number of anilines is 1. The van der Waals surface area contributed by atoms with Crippen LogP contribution in [-0.4, -0.2) is 83.2 Å². The molecule has 1 amide bonds. The Morgan fingerprint density at radius 1 is 1.08 bits per heavy atom. The van der Waals surface area contributed by atoms with E-state index in [2.05, 4.69) is 31.2 Å². The van der Waals surface area contributed by atoms with Crippen molar-refractivity contribution in [2.45, 2.75) is 25.4 Å². The van der Waals surface area contributed by atoms with Crippen LogP contribution >= 0.6 is 0 Å². The van der Waals surface area contributed by atoms with Crippen LogP contribution < -0.4 is 14.5 Å². The summed E-state index contributed by atoms with van der Waals surface area (Å²) in [4.78, 5) is 23.9. The van der Waals surface area contributed by atoms with Crippen molar-refractivity contribution in [3.63, 3.8) is 0 Å². The molecule has 1 N–H and O–H groups in total. The molecule has 4 saturated heterocycles. The maximum atomic E-state index is 13.6. The van der Waals surface area contributed by atoms with Crippen LogP contribution in [0.2, 0.25) is 0 Å².